The third-order valence-corrected chi connectivity index (χ3v) is 4.75. The Kier molecular flexibility index (Phi) is 5.80. The standard InChI is InChI=1S/C23H17F2N5O2/c1-13-17(23(32)30-22(28-13)21-26-9-2-10-27-21)12-20(31)29-19-8-7-16(25)11-18(19)14-3-5-15(24)6-4-14/h2-11H,12H2,1H3,(H,29,31)(H,28,30,32). The Labute approximate surface area is 181 Å². The molecule has 1 amide bonds. The quantitative estimate of drug-likeness (QED) is 0.500. The molecule has 0 unspecified atom stereocenters. The first-order valence-electron chi connectivity index (χ1n) is 9.63. The third kappa shape index (κ3) is 4.56. The summed E-state index contributed by atoms with van der Waals surface area (Å²) in [7, 11) is 0. The maximum Gasteiger partial charge on any atom is 0.255 e. The number of carbonyl (C=O) groups is 1. The fourth-order valence-electron chi connectivity index (χ4n) is 3.19. The second-order valence-electron chi connectivity index (χ2n) is 6.97. The molecule has 32 heavy (non-hydrogen) atoms. The molecule has 0 fully saturated rings. The third-order valence-electron chi connectivity index (χ3n) is 4.75. The molecule has 0 aliphatic rings. The number of nitrogens with zero attached hydrogens (tertiary/aromatic N) is 3. The SMILES string of the molecule is Cc1nc(-c2ncccn2)[nH]c(=O)c1CC(=O)Nc1ccc(F)cc1-c1ccc(F)cc1. The molecule has 0 bridgehead atoms. The summed E-state index contributed by atoms with van der Waals surface area (Å²) in [5, 5.41) is 2.70. The second-order valence-corrected chi connectivity index (χ2v) is 6.97. The largest absolute Gasteiger partial charge is 0.325 e. The first kappa shape index (κ1) is 21.0. The van der Waals surface area contributed by atoms with Gasteiger partial charge in [0.05, 0.1) is 6.42 Å². The minimum absolute atomic E-state index is 0.188. The highest BCUT2D eigenvalue weighted by Gasteiger charge is 2.16. The monoisotopic (exact) mass is 433 g/mol. The Bertz CT molecular complexity index is 1340. The first-order chi connectivity index (χ1) is 15.4. The van der Waals surface area contributed by atoms with Gasteiger partial charge in [0.1, 0.15) is 11.6 Å². The van der Waals surface area contributed by atoms with Crippen LogP contribution in [-0.4, -0.2) is 25.8 Å². The van der Waals surface area contributed by atoms with Crippen molar-refractivity contribution in [3.05, 3.63) is 94.2 Å². The predicted molar refractivity (Wildman–Crippen MR) is 115 cm³/mol. The number of amides is 1. The fourth-order valence-corrected chi connectivity index (χ4v) is 3.19. The summed E-state index contributed by atoms with van der Waals surface area (Å²) < 4.78 is 27.1. The maximum atomic E-state index is 13.8. The molecular formula is C23H17F2N5O2. The Morgan fingerprint density at radius 3 is 2.41 bits per heavy atom. The summed E-state index contributed by atoms with van der Waals surface area (Å²) in [5.74, 6) is -0.952. The van der Waals surface area contributed by atoms with Crippen LogP contribution < -0.4 is 10.9 Å². The van der Waals surface area contributed by atoms with Crippen LogP contribution in [0.25, 0.3) is 22.8 Å². The highest BCUT2D eigenvalue weighted by molar-refractivity contribution is 5.96. The lowest BCUT2D eigenvalue weighted by atomic mass is 10.0. The fraction of sp³-hybridized carbons (Fsp3) is 0.0870. The number of aryl methyl sites for hydroxylation is 1. The number of rotatable bonds is 5. The van der Waals surface area contributed by atoms with Crippen LogP contribution in [0.3, 0.4) is 0 Å². The molecule has 2 N–H and O–H groups in total. The van der Waals surface area contributed by atoms with Crippen LogP contribution >= 0.6 is 0 Å². The van der Waals surface area contributed by atoms with E-state index in [-0.39, 0.29) is 23.6 Å². The lowest BCUT2D eigenvalue weighted by Gasteiger charge is -2.12. The van der Waals surface area contributed by atoms with Gasteiger partial charge in [-0.2, -0.15) is 0 Å². The van der Waals surface area contributed by atoms with Crippen LogP contribution in [0, 0.1) is 18.6 Å². The Morgan fingerprint density at radius 2 is 1.72 bits per heavy atom. The maximum absolute atomic E-state index is 13.8. The molecule has 0 radical (unpaired) electrons. The van der Waals surface area contributed by atoms with Gasteiger partial charge in [0.2, 0.25) is 5.91 Å². The van der Waals surface area contributed by atoms with Crippen LogP contribution in [0.4, 0.5) is 14.5 Å². The van der Waals surface area contributed by atoms with E-state index in [0.717, 1.165) is 0 Å². The molecule has 0 saturated heterocycles. The van der Waals surface area contributed by atoms with E-state index in [0.29, 0.717) is 22.5 Å². The lowest BCUT2D eigenvalue weighted by molar-refractivity contribution is -0.115. The summed E-state index contributed by atoms with van der Waals surface area (Å²) in [6.07, 6.45) is 2.81. The summed E-state index contributed by atoms with van der Waals surface area (Å²) in [4.78, 5) is 40.3. The zero-order valence-corrected chi connectivity index (χ0v) is 16.9. The van der Waals surface area contributed by atoms with E-state index in [1.165, 1.54) is 54.9 Å². The van der Waals surface area contributed by atoms with Gasteiger partial charge in [-0.15, -0.1) is 0 Å². The van der Waals surface area contributed by atoms with Crippen LogP contribution in [-0.2, 0) is 11.2 Å². The molecule has 4 rings (SSSR count). The van der Waals surface area contributed by atoms with Gasteiger partial charge >= 0.3 is 0 Å². The molecule has 9 heteroatoms. The van der Waals surface area contributed by atoms with Crippen molar-refractivity contribution in [3.8, 4) is 22.8 Å². The second kappa shape index (κ2) is 8.84. The number of aromatic nitrogens is 4. The van der Waals surface area contributed by atoms with Crippen molar-refractivity contribution >= 4 is 11.6 Å². The zero-order chi connectivity index (χ0) is 22.7. The van der Waals surface area contributed by atoms with E-state index < -0.39 is 23.1 Å². The number of carbonyl (C=O) groups excluding carboxylic acids is 1. The summed E-state index contributed by atoms with van der Waals surface area (Å²) in [6.45, 7) is 1.62. The van der Waals surface area contributed by atoms with Crippen LogP contribution in [0.15, 0.2) is 65.7 Å². The van der Waals surface area contributed by atoms with Crippen molar-refractivity contribution < 1.29 is 13.6 Å². The Balaban J connectivity index is 1.59. The van der Waals surface area contributed by atoms with E-state index >= 15 is 0 Å². The Morgan fingerprint density at radius 1 is 1.03 bits per heavy atom. The molecule has 0 aliphatic heterocycles. The molecule has 4 aromatic rings. The smallest absolute Gasteiger partial charge is 0.255 e. The number of H-pyrrole nitrogens is 1. The minimum atomic E-state index is -0.502. The number of benzene rings is 2. The highest BCUT2D eigenvalue weighted by Crippen LogP contribution is 2.29. The molecule has 0 spiro atoms. The minimum Gasteiger partial charge on any atom is -0.325 e. The molecule has 160 valence electrons. The summed E-state index contributed by atoms with van der Waals surface area (Å²) in [5.41, 5.74) is 1.33. The van der Waals surface area contributed by atoms with Gasteiger partial charge in [0, 0.05) is 34.9 Å². The van der Waals surface area contributed by atoms with Gasteiger partial charge in [0.25, 0.3) is 5.56 Å². The average molecular weight is 433 g/mol. The number of hydrogen-bond acceptors (Lipinski definition) is 5. The van der Waals surface area contributed by atoms with Crippen molar-refractivity contribution in [2.45, 2.75) is 13.3 Å². The van der Waals surface area contributed by atoms with Crippen molar-refractivity contribution in [3.63, 3.8) is 0 Å². The van der Waals surface area contributed by atoms with Crippen LogP contribution in [0.2, 0.25) is 0 Å². The van der Waals surface area contributed by atoms with E-state index in [1.54, 1.807) is 13.0 Å². The van der Waals surface area contributed by atoms with Gasteiger partial charge in [0.15, 0.2) is 11.6 Å². The average Bonchev–Trinajstić information content (AvgIpc) is 2.78. The summed E-state index contributed by atoms with van der Waals surface area (Å²) >= 11 is 0. The van der Waals surface area contributed by atoms with Gasteiger partial charge in [-0.1, -0.05) is 12.1 Å². The van der Waals surface area contributed by atoms with Gasteiger partial charge in [-0.05, 0) is 48.9 Å². The van der Waals surface area contributed by atoms with E-state index in [1.807, 2.05) is 0 Å². The Hall–Kier alpha value is -4.27. The van der Waals surface area contributed by atoms with Crippen molar-refractivity contribution in [1.82, 2.24) is 19.9 Å². The van der Waals surface area contributed by atoms with Crippen LogP contribution in [0.5, 0.6) is 0 Å². The van der Waals surface area contributed by atoms with Gasteiger partial charge in [-0.25, -0.2) is 23.7 Å². The zero-order valence-electron chi connectivity index (χ0n) is 16.9. The molecular weight excluding hydrogens is 416 g/mol. The molecule has 2 aromatic carbocycles. The molecule has 0 saturated carbocycles. The molecule has 2 aromatic heterocycles. The number of aromatic amines is 1. The number of halogens is 2. The number of hydrogen-bond donors (Lipinski definition) is 2. The van der Waals surface area contributed by atoms with Crippen LogP contribution in [0.1, 0.15) is 11.3 Å². The van der Waals surface area contributed by atoms with Gasteiger partial charge in [-0.3, -0.25) is 9.59 Å². The lowest BCUT2D eigenvalue weighted by Crippen LogP contribution is -2.24. The van der Waals surface area contributed by atoms with Crippen molar-refractivity contribution in [2.75, 3.05) is 5.32 Å². The van der Waals surface area contributed by atoms with E-state index in [9.17, 15) is 18.4 Å². The van der Waals surface area contributed by atoms with Crippen molar-refractivity contribution in [1.29, 1.82) is 0 Å². The van der Waals surface area contributed by atoms with E-state index in [4.69, 9.17) is 0 Å². The van der Waals surface area contributed by atoms with Gasteiger partial charge < -0.3 is 10.3 Å². The molecule has 2 heterocycles. The summed E-state index contributed by atoms with van der Waals surface area (Å²) in [6, 6.07) is 11.0. The normalized spacial score (nSPS) is 10.7. The topological polar surface area (TPSA) is 101 Å². The van der Waals surface area contributed by atoms with E-state index in [2.05, 4.69) is 25.3 Å². The molecule has 0 aliphatic carbocycles. The first-order valence-corrected chi connectivity index (χ1v) is 9.63. The highest BCUT2D eigenvalue weighted by atomic mass is 19.1. The molecule has 7 nitrogen and oxygen atoms in total. The number of anilines is 1. The molecule has 0 atom stereocenters. The predicted octanol–water partition coefficient (Wildman–Crippen LogP) is 3.66. The van der Waals surface area contributed by atoms with Crippen molar-refractivity contribution in [2.24, 2.45) is 0 Å². The number of nitrogens with one attached hydrogen (secondary N) is 2.